The van der Waals surface area contributed by atoms with Gasteiger partial charge >= 0.3 is 0 Å². The molecule has 1 aliphatic rings. The number of rotatable bonds is 6. The van der Waals surface area contributed by atoms with Crippen molar-refractivity contribution in [2.75, 3.05) is 45.2 Å². The first-order valence-corrected chi connectivity index (χ1v) is 9.50. The van der Waals surface area contributed by atoms with E-state index in [1.807, 2.05) is 24.3 Å². The molecule has 1 aromatic heterocycles. The number of benzene rings is 1. The highest BCUT2D eigenvalue weighted by Gasteiger charge is 2.23. The molecule has 1 N–H and O–H groups in total. The molecule has 0 saturated carbocycles. The first-order valence-electron chi connectivity index (χ1n) is 9.50. The van der Waals surface area contributed by atoms with Crippen LogP contribution in [-0.2, 0) is 11.2 Å². The molecule has 1 aliphatic heterocycles. The van der Waals surface area contributed by atoms with Gasteiger partial charge in [-0.05, 0) is 24.1 Å². The summed E-state index contributed by atoms with van der Waals surface area (Å²) in [4.78, 5) is 32.9. The van der Waals surface area contributed by atoms with Gasteiger partial charge < -0.3 is 15.0 Å². The van der Waals surface area contributed by atoms with Crippen LogP contribution in [0.2, 0.25) is 0 Å². The van der Waals surface area contributed by atoms with Gasteiger partial charge in [-0.2, -0.15) is 0 Å². The Balaban J connectivity index is 1.49. The number of methoxy groups -OCH3 is 1. The molecule has 1 fully saturated rings. The van der Waals surface area contributed by atoms with Crippen molar-refractivity contribution in [1.82, 2.24) is 14.8 Å². The average molecular weight is 382 g/mol. The van der Waals surface area contributed by atoms with Crippen molar-refractivity contribution in [2.45, 2.75) is 13.3 Å². The largest absolute Gasteiger partial charge is 0.481 e. The lowest BCUT2D eigenvalue weighted by molar-refractivity contribution is -0.117. The van der Waals surface area contributed by atoms with E-state index in [2.05, 4.69) is 22.1 Å². The summed E-state index contributed by atoms with van der Waals surface area (Å²) in [5.74, 6) is 0.410. The van der Waals surface area contributed by atoms with Crippen molar-refractivity contribution in [3.8, 4) is 5.88 Å². The van der Waals surface area contributed by atoms with E-state index in [4.69, 9.17) is 4.74 Å². The quantitative estimate of drug-likeness (QED) is 0.828. The second kappa shape index (κ2) is 9.32. The molecule has 1 saturated heterocycles. The van der Waals surface area contributed by atoms with E-state index in [9.17, 15) is 9.59 Å². The van der Waals surface area contributed by atoms with Crippen LogP contribution in [0.3, 0.4) is 0 Å². The number of carbonyl (C=O) groups is 2. The number of anilines is 1. The van der Waals surface area contributed by atoms with Crippen LogP contribution in [0.1, 0.15) is 22.8 Å². The summed E-state index contributed by atoms with van der Waals surface area (Å²) in [5.41, 5.74) is 2.54. The SMILES string of the molecule is CCc1ccccc1NC(=O)CN1CCN(C(=O)c2ccc(OC)nc2)CC1. The highest BCUT2D eigenvalue weighted by Crippen LogP contribution is 2.16. The maximum absolute atomic E-state index is 12.6. The molecule has 0 radical (unpaired) electrons. The Morgan fingerprint density at radius 2 is 1.86 bits per heavy atom. The standard InChI is InChI=1S/C21H26N4O3/c1-3-16-6-4-5-7-18(16)23-19(26)15-24-10-12-25(13-11-24)21(27)17-8-9-20(28-2)22-14-17/h4-9,14H,3,10-13,15H2,1-2H3,(H,23,26). The highest BCUT2D eigenvalue weighted by molar-refractivity contribution is 5.94. The third-order valence-electron chi connectivity index (χ3n) is 4.89. The predicted molar refractivity (Wildman–Crippen MR) is 108 cm³/mol. The van der Waals surface area contributed by atoms with E-state index in [1.54, 1.807) is 24.1 Å². The monoisotopic (exact) mass is 382 g/mol. The van der Waals surface area contributed by atoms with Crippen molar-refractivity contribution in [1.29, 1.82) is 0 Å². The lowest BCUT2D eigenvalue weighted by Gasteiger charge is -2.34. The summed E-state index contributed by atoms with van der Waals surface area (Å²) in [6.07, 6.45) is 2.41. The van der Waals surface area contributed by atoms with Crippen LogP contribution >= 0.6 is 0 Å². The van der Waals surface area contributed by atoms with Crippen LogP contribution in [0.15, 0.2) is 42.6 Å². The third kappa shape index (κ3) is 4.86. The fourth-order valence-electron chi connectivity index (χ4n) is 3.26. The van der Waals surface area contributed by atoms with Gasteiger partial charge in [0.15, 0.2) is 0 Å². The fourth-order valence-corrected chi connectivity index (χ4v) is 3.26. The molecule has 0 aliphatic carbocycles. The fraction of sp³-hybridized carbons (Fsp3) is 0.381. The molecule has 148 valence electrons. The zero-order valence-corrected chi connectivity index (χ0v) is 16.4. The van der Waals surface area contributed by atoms with Crippen LogP contribution in [-0.4, -0.2) is 66.4 Å². The number of ether oxygens (including phenoxy) is 1. The number of piperazine rings is 1. The van der Waals surface area contributed by atoms with Crippen LogP contribution in [0.5, 0.6) is 5.88 Å². The van der Waals surface area contributed by atoms with Gasteiger partial charge in [0.25, 0.3) is 5.91 Å². The molecule has 2 heterocycles. The van der Waals surface area contributed by atoms with E-state index in [0.717, 1.165) is 17.7 Å². The van der Waals surface area contributed by atoms with Gasteiger partial charge in [0.05, 0.1) is 19.2 Å². The molecule has 7 heteroatoms. The highest BCUT2D eigenvalue weighted by atomic mass is 16.5. The Labute approximate surface area is 165 Å². The van der Waals surface area contributed by atoms with Crippen LogP contribution in [0.25, 0.3) is 0 Å². The minimum atomic E-state index is -0.0453. The zero-order chi connectivity index (χ0) is 19.9. The van der Waals surface area contributed by atoms with Gasteiger partial charge in [0.2, 0.25) is 11.8 Å². The van der Waals surface area contributed by atoms with Crippen molar-refractivity contribution < 1.29 is 14.3 Å². The molecule has 0 bridgehead atoms. The van der Waals surface area contributed by atoms with Crippen molar-refractivity contribution in [3.63, 3.8) is 0 Å². The van der Waals surface area contributed by atoms with Crippen molar-refractivity contribution >= 4 is 17.5 Å². The molecule has 2 aromatic rings. The molecule has 7 nitrogen and oxygen atoms in total. The Hall–Kier alpha value is -2.93. The van der Waals surface area contributed by atoms with Gasteiger partial charge in [0, 0.05) is 44.1 Å². The maximum atomic E-state index is 12.6. The molecule has 28 heavy (non-hydrogen) atoms. The lowest BCUT2D eigenvalue weighted by atomic mass is 10.1. The number of carbonyl (C=O) groups excluding carboxylic acids is 2. The second-order valence-electron chi connectivity index (χ2n) is 6.72. The molecule has 0 unspecified atom stereocenters. The van der Waals surface area contributed by atoms with E-state index in [1.165, 1.54) is 6.20 Å². The van der Waals surface area contributed by atoms with Crippen LogP contribution in [0.4, 0.5) is 5.69 Å². The maximum Gasteiger partial charge on any atom is 0.255 e. The minimum absolute atomic E-state index is 0.0277. The summed E-state index contributed by atoms with van der Waals surface area (Å²) >= 11 is 0. The smallest absolute Gasteiger partial charge is 0.255 e. The third-order valence-corrected chi connectivity index (χ3v) is 4.89. The molecule has 2 amide bonds. The van der Waals surface area contributed by atoms with E-state index < -0.39 is 0 Å². The van der Waals surface area contributed by atoms with E-state index >= 15 is 0 Å². The average Bonchev–Trinajstić information content (AvgIpc) is 2.74. The van der Waals surface area contributed by atoms with Crippen LogP contribution < -0.4 is 10.1 Å². The summed E-state index contributed by atoms with van der Waals surface area (Å²) in [5, 5.41) is 3.00. The Kier molecular flexibility index (Phi) is 6.60. The number of para-hydroxylation sites is 1. The summed E-state index contributed by atoms with van der Waals surface area (Å²) < 4.78 is 5.02. The van der Waals surface area contributed by atoms with Crippen LogP contribution in [0, 0.1) is 0 Å². The molecular weight excluding hydrogens is 356 g/mol. The molecule has 3 rings (SSSR count). The number of aryl methyl sites for hydroxylation is 1. The van der Waals surface area contributed by atoms with Gasteiger partial charge in [-0.15, -0.1) is 0 Å². The summed E-state index contributed by atoms with van der Waals surface area (Å²) in [6, 6.07) is 11.3. The second-order valence-corrected chi connectivity index (χ2v) is 6.72. The van der Waals surface area contributed by atoms with Gasteiger partial charge in [-0.1, -0.05) is 25.1 Å². The molecular formula is C21H26N4O3. The summed E-state index contributed by atoms with van der Waals surface area (Å²) in [6.45, 7) is 4.90. The number of nitrogens with zero attached hydrogens (tertiary/aromatic N) is 3. The predicted octanol–water partition coefficient (Wildman–Crippen LogP) is 2.05. The number of amides is 2. The topological polar surface area (TPSA) is 74.8 Å². The van der Waals surface area contributed by atoms with Crippen molar-refractivity contribution in [3.05, 3.63) is 53.7 Å². The number of aromatic nitrogens is 1. The number of pyridine rings is 1. The van der Waals surface area contributed by atoms with Gasteiger partial charge in [-0.3, -0.25) is 14.5 Å². The minimum Gasteiger partial charge on any atom is -0.481 e. The Bertz CT molecular complexity index is 815. The van der Waals surface area contributed by atoms with E-state index in [-0.39, 0.29) is 11.8 Å². The normalized spacial score (nSPS) is 14.6. The summed E-state index contributed by atoms with van der Waals surface area (Å²) in [7, 11) is 1.54. The van der Waals surface area contributed by atoms with Crippen molar-refractivity contribution in [2.24, 2.45) is 0 Å². The lowest BCUT2D eigenvalue weighted by Crippen LogP contribution is -2.50. The number of nitrogens with one attached hydrogen (secondary N) is 1. The Morgan fingerprint density at radius 3 is 2.50 bits per heavy atom. The molecule has 0 spiro atoms. The zero-order valence-electron chi connectivity index (χ0n) is 16.4. The first kappa shape index (κ1) is 19.8. The first-order chi connectivity index (χ1) is 13.6. The Morgan fingerprint density at radius 1 is 1.11 bits per heavy atom. The molecule has 0 atom stereocenters. The molecule has 1 aromatic carbocycles. The van der Waals surface area contributed by atoms with Gasteiger partial charge in [0.1, 0.15) is 0 Å². The van der Waals surface area contributed by atoms with Gasteiger partial charge in [-0.25, -0.2) is 4.98 Å². The van der Waals surface area contributed by atoms with E-state index in [0.29, 0.717) is 44.2 Å². The number of hydrogen-bond donors (Lipinski definition) is 1. The number of hydrogen-bond acceptors (Lipinski definition) is 5.